The van der Waals surface area contributed by atoms with Crippen molar-refractivity contribution in [2.24, 2.45) is 5.10 Å². The maximum absolute atomic E-state index is 12.3. The SMILES string of the molecule is COc1cc(/C=N/NC(=O)c2cc3cc(Cl)ccc3o2)ccc1OCc1ccccc1Cl. The lowest BCUT2D eigenvalue weighted by molar-refractivity contribution is 0.0929. The summed E-state index contributed by atoms with van der Waals surface area (Å²) < 4.78 is 16.8. The maximum Gasteiger partial charge on any atom is 0.307 e. The molecule has 1 N–H and O–H groups in total. The molecule has 0 aliphatic carbocycles. The number of ether oxygens (including phenoxy) is 2. The highest BCUT2D eigenvalue weighted by atomic mass is 35.5. The molecule has 0 fully saturated rings. The summed E-state index contributed by atoms with van der Waals surface area (Å²) in [5.74, 6) is 0.761. The van der Waals surface area contributed by atoms with E-state index in [-0.39, 0.29) is 5.76 Å². The van der Waals surface area contributed by atoms with Gasteiger partial charge < -0.3 is 13.9 Å². The van der Waals surface area contributed by atoms with Crippen molar-refractivity contribution in [1.29, 1.82) is 0 Å². The Morgan fingerprint density at radius 1 is 1.06 bits per heavy atom. The van der Waals surface area contributed by atoms with Gasteiger partial charge in [0.2, 0.25) is 0 Å². The standard InChI is InChI=1S/C24H18Cl2N2O4/c1-30-22-10-15(6-8-21(22)31-14-16-4-2-3-5-19(16)26)13-27-28-24(29)23-12-17-11-18(25)7-9-20(17)32-23/h2-13H,14H2,1H3,(H,28,29)/b27-13+. The second-order valence-electron chi connectivity index (χ2n) is 6.78. The van der Waals surface area contributed by atoms with Crippen molar-refractivity contribution < 1.29 is 18.7 Å². The molecule has 0 aliphatic heterocycles. The highest BCUT2D eigenvalue weighted by Gasteiger charge is 2.12. The number of halogens is 2. The van der Waals surface area contributed by atoms with Gasteiger partial charge >= 0.3 is 5.91 Å². The van der Waals surface area contributed by atoms with Gasteiger partial charge in [0.15, 0.2) is 17.3 Å². The van der Waals surface area contributed by atoms with Crippen LogP contribution in [-0.2, 0) is 6.61 Å². The number of nitrogens with one attached hydrogen (secondary N) is 1. The largest absolute Gasteiger partial charge is 0.493 e. The van der Waals surface area contributed by atoms with Gasteiger partial charge in [-0.05, 0) is 54.1 Å². The summed E-state index contributed by atoms with van der Waals surface area (Å²) in [5.41, 5.74) is 4.60. The van der Waals surface area contributed by atoms with E-state index in [0.717, 1.165) is 10.9 Å². The number of hydrogen-bond acceptors (Lipinski definition) is 5. The molecule has 4 aromatic rings. The summed E-state index contributed by atoms with van der Waals surface area (Å²) in [6.45, 7) is 0.308. The number of nitrogens with zero attached hydrogens (tertiary/aromatic N) is 1. The molecule has 0 radical (unpaired) electrons. The average molecular weight is 469 g/mol. The van der Waals surface area contributed by atoms with Gasteiger partial charge in [-0.2, -0.15) is 5.10 Å². The van der Waals surface area contributed by atoms with Crippen molar-refractivity contribution in [3.63, 3.8) is 0 Å². The van der Waals surface area contributed by atoms with Gasteiger partial charge in [-0.25, -0.2) is 5.43 Å². The summed E-state index contributed by atoms with van der Waals surface area (Å²) in [6.07, 6.45) is 1.50. The van der Waals surface area contributed by atoms with Crippen LogP contribution in [0.4, 0.5) is 0 Å². The molecule has 0 unspecified atom stereocenters. The minimum Gasteiger partial charge on any atom is -0.493 e. The summed E-state index contributed by atoms with van der Waals surface area (Å²) in [5, 5.41) is 5.93. The molecular formula is C24H18Cl2N2O4. The van der Waals surface area contributed by atoms with E-state index in [0.29, 0.717) is 39.3 Å². The predicted molar refractivity (Wildman–Crippen MR) is 125 cm³/mol. The van der Waals surface area contributed by atoms with Crippen molar-refractivity contribution in [3.05, 3.63) is 93.7 Å². The van der Waals surface area contributed by atoms with Crippen LogP contribution >= 0.6 is 23.2 Å². The lowest BCUT2D eigenvalue weighted by atomic mass is 10.2. The minimum absolute atomic E-state index is 0.139. The Bertz CT molecular complexity index is 1300. The third kappa shape index (κ3) is 5.04. The molecule has 0 spiro atoms. The normalized spacial score (nSPS) is 11.1. The topological polar surface area (TPSA) is 73.1 Å². The molecule has 1 aromatic heterocycles. The lowest BCUT2D eigenvalue weighted by Crippen LogP contribution is -2.16. The summed E-state index contributed by atoms with van der Waals surface area (Å²) in [6, 6.07) is 19.5. The second kappa shape index (κ2) is 9.77. The molecule has 0 saturated carbocycles. The van der Waals surface area contributed by atoms with Gasteiger partial charge in [0.25, 0.3) is 0 Å². The molecule has 1 amide bonds. The van der Waals surface area contributed by atoms with E-state index >= 15 is 0 Å². The number of methoxy groups -OCH3 is 1. The first-order valence-electron chi connectivity index (χ1n) is 9.60. The van der Waals surface area contributed by atoms with E-state index < -0.39 is 5.91 Å². The number of benzene rings is 3. The summed E-state index contributed by atoms with van der Waals surface area (Å²) in [7, 11) is 1.55. The van der Waals surface area contributed by atoms with Gasteiger partial charge in [-0.3, -0.25) is 4.79 Å². The quantitative estimate of drug-likeness (QED) is 0.263. The van der Waals surface area contributed by atoms with Crippen LogP contribution in [0.2, 0.25) is 10.0 Å². The Labute approximate surface area is 194 Å². The fraction of sp³-hybridized carbons (Fsp3) is 0.0833. The van der Waals surface area contributed by atoms with E-state index in [4.69, 9.17) is 37.1 Å². The fourth-order valence-corrected chi connectivity index (χ4v) is 3.37. The van der Waals surface area contributed by atoms with Gasteiger partial charge in [0, 0.05) is 21.0 Å². The lowest BCUT2D eigenvalue weighted by Gasteiger charge is -2.12. The summed E-state index contributed by atoms with van der Waals surface area (Å²) in [4.78, 5) is 12.3. The number of hydrazone groups is 1. The first kappa shape index (κ1) is 21.7. The minimum atomic E-state index is -0.472. The average Bonchev–Trinajstić information content (AvgIpc) is 3.22. The van der Waals surface area contributed by atoms with Gasteiger partial charge in [0.1, 0.15) is 12.2 Å². The van der Waals surface area contributed by atoms with E-state index in [1.165, 1.54) is 6.21 Å². The molecule has 6 nitrogen and oxygen atoms in total. The van der Waals surface area contributed by atoms with Crippen LogP contribution in [0.3, 0.4) is 0 Å². The van der Waals surface area contributed by atoms with Crippen LogP contribution in [0.5, 0.6) is 11.5 Å². The maximum atomic E-state index is 12.3. The molecule has 0 aliphatic rings. The second-order valence-corrected chi connectivity index (χ2v) is 7.63. The third-order valence-electron chi connectivity index (χ3n) is 4.61. The fourth-order valence-electron chi connectivity index (χ4n) is 3.00. The van der Waals surface area contributed by atoms with Crippen molar-refractivity contribution in [1.82, 2.24) is 5.43 Å². The van der Waals surface area contributed by atoms with E-state index in [1.54, 1.807) is 49.6 Å². The molecule has 3 aromatic carbocycles. The Morgan fingerprint density at radius 2 is 1.91 bits per heavy atom. The zero-order valence-electron chi connectivity index (χ0n) is 17.0. The zero-order chi connectivity index (χ0) is 22.5. The molecule has 162 valence electrons. The Kier molecular flexibility index (Phi) is 6.63. The first-order chi connectivity index (χ1) is 15.5. The summed E-state index contributed by atoms with van der Waals surface area (Å²) >= 11 is 12.1. The van der Waals surface area contributed by atoms with Crippen molar-refractivity contribution in [3.8, 4) is 11.5 Å². The van der Waals surface area contributed by atoms with Crippen LogP contribution in [-0.4, -0.2) is 19.2 Å². The number of carbonyl (C=O) groups is 1. The highest BCUT2D eigenvalue weighted by molar-refractivity contribution is 6.31. The van der Waals surface area contributed by atoms with Crippen molar-refractivity contribution in [2.45, 2.75) is 6.61 Å². The molecule has 8 heteroatoms. The first-order valence-corrected chi connectivity index (χ1v) is 10.4. The predicted octanol–water partition coefficient (Wildman–Crippen LogP) is 6.09. The molecule has 32 heavy (non-hydrogen) atoms. The Morgan fingerprint density at radius 3 is 2.72 bits per heavy atom. The van der Waals surface area contributed by atoms with Crippen LogP contribution in [0.1, 0.15) is 21.7 Å². The molecule has 1 heterocycles. The molecule has 0 atom stereocenters. The van der Waals surface area contributed by atoms with Crippen LogP contribution in [0.15, 0.2) is 76.2 Å². The zero-order valence-corrected chi connectivity index (χ0v) is 18.5. The Hall–Kier alpha value is -3.48. The Balaban J connectivity index is 1.41. The van der Waals surface area contributed by atoms with Gasteiger partial charge in [0.05, 0.1) is 13.3 Å². The number of amides is 1. The van der Waals surface area contributed by atoms with Gasteiger partial charge in [-0.15, -0.1) is 0 Å². The van der Waals surface area contributed by atoms with Crippen molar-refractivity contribution >= 4 is 46.3 Å². The highest BCUT2D eigenvalue weighted by Crippen LogP contribution is 2.29. The van der Waals surface area contributed by atoms with Crippen molar-refractivity contribution in [2.75, 3.05) is 7.11 Å². The molecule has 0 bridgehead atoms. The number of furan rings is 1. The number of carbonyl (C=O) groups excluding carboxylic acids is 1. The molecule has 4 rings (SSSR count). The van der Waals surface area contributed by atoms with E-state index in [9.17, 15) is 4.79 Å². The molecule has 0 saturated heterocycles. The monoisotopic (exact) mass is 468 g/mol. The smallest absolute Gasteiger partial charge is 0.307 e. The van der Waals surface area contributed by atoms with Crippen LogP contribution < -0.4 is 14.9 Å². The van der Waals surface area contributed by atoms with Crippen LogP contribution in [0, 0.1) is 0 Å². The number of fused-ring (bicyclic) bond motifs is 1. The van der Waals surface area contributed by atoms with E-state index in [2.05, 4.69) is 10.5 Å². The van der Waals surface area contributed by atoms with E-state index in [1.807, 2.05) is 24.3 Å². The van der Waals surface area contributed by atoms with Gasteiger partial charge in [-0.1, -0.05) is 41.4 Å². The molecular weight excluding hydrogens is 451 g/mol. The van der Waals surface area contributed by atoms with Crippen LogP contribution in [0.25, 0.3) is 11.0 Å². The number of rotatable bonds is 7. The number of hydrogen-bond donors (Lipinski definition) is 1. The third-order valence-corrected chi connectivity index (χ3v) is 5.21.